The molecule has 0 fully saturated rings. The average molecular weight is 378 g/mol. The Labute approximate surface area is 147 Å². The van der Waals surface area contributed by atoms with Crippen molar-refractivity contribution in [1.82, 2.24) is 15.0 Å². The maximum atomic E-state index is 12.4. The number of rotatable bonds is 3. The van der Waals surface area contributed by atoms with Crippen molar-refractivity contribution in [3.8, 4) is 5.75 Å². The first-order valence-electron chi connectivity index (χ1n) is 7.28. The smallest absolute Gasteiger partial charge is 0.406 e. The number of anilines is 1. The first kappa shape index (κ1) is 16.3. The zero-order chi connectivity index (χ0) is 18.3. The lowest BCUT2D eigenvalue weighted by Crippen LogP contribution is -2.16. The van der Waals surface area contributed by atoms with Crippen LogP contribution < -0.4 is 10.1 Å². The largest absolute Gasteiger partial charge is 0.573 e. The van der Waals surface area contributed by atoms with Gasteiger partial charge in [-0.15, -0.1) is 13.2 Å². The number of hydrogen-bond acceptors (Lipinski definition) is 5. The van der Waals surface area contributed by atoms with Gasteiger partial charge in [0.05, 0.1) is 27.6 Å². The molecule has 0 radical (unpaired) electrons. The van der Waals surface area contributed by atoms with Crippen molar-refractivity contribution in [2.24, 2.45) is 0 Å². The number of thiazole rings is 1. The van der Waals surface area contributed by atoms with Gasteiger partial charge in [0.15, 0.2) is 5.13 Å². The van der Waals surface area contributed by atoms with Crippen molar-refractivity contribution in [1.29, 1.82) is 0 Å². The van der Waals surface area contributed by atoms with Gasteiger partial charge in [0.25, 0.3) is 5.91 Å². The summed E-state index contributed by atoms with van der Waals surface area (Å²) < 4.78 is 41.2. The second-order valence-electron chi connectivity index (χ2n) is 5.28. The number of fused-ring (bicyclic) bond motifs is 2. The summed E-state index contributed by atoms with van der Waals surface area (Å²) in [6.45, 7) is 0. The second kappa shape index (κ2) is 5.99. The maximum Gasteiger partial charge on any atom is 0.573 e. The Bertz CT molecular complexity index is 1120. The van der Waals surface area contributed by atoms with Gasteiger partial charge < -0.3 is 9.72 Å². The zero-order valence-corrected chi connectivity index (χ0v) is 13.6. The lowest BCUT2D eigenvalue weighted by molar-refractivity contribution is -0.274. The van der Waals surface area contributed by atoms with Crippen LogP contribution in [0.5, 0.6) is 5.75 Å². The highest BCUT2D eigenvalue weighted by Gasteiger charge is 2.31. The monoisotopic (exact) mass is 378 g/mol. The molecule has 10 heteroatoms. The first-order chi connectivity index (χ1) is 12.4. The number of ether oxygens (including phenoxy) is 1. The minimum absolute atomic E-state index is 0.277. The van der Waals surface area contributed by atoms with Gasteiger partial charge in [0, 0.05) is 11.6 Å². The highest BCUT2D eigenvalue weighted by Crippen LogP contribution is 2.31. The van der Waals surface area contributed by atoms with Crippen molar-refractivity contribution < 1.29 is 22.7 Å². The Kier molecular flexibility index (Phi) is 3.76. The molecule has 0 spiro atoms. The summed E-state index contributed by atoms with van der Waals surface area (Å²) >= 11 is 1.06. The zero-order valence-electron chi connectivity index (χ0n) is 12.8. The highest BCUT2D eigenvalue weighted by atomic mass is 32.1. The molecular formula is C16H9F3N4O2S. The van der Waals surface area contributed by atoms with Crippen LogP contribution in [-0.2, 0) is 0 Å². The average Bonchev–Trinajstić information content (AvgIpc) is 3.17. The number of carbonyl (C=O) groups is 1. The predicted octanol–water partition coefficient (Wildman–Crippen LogP) is 4.32. The Morgan fingerprint density at radius 1 is 1.15 bits per heavy atom. The molecule has 2 aromatic carbocycles. The maximum absolute atomic E-state index is 12.4. The number of H-pyrrole nitrogens is 1. The van der Waals surface area contributed by atoms with Crippen LogP contribution in [-0.4, -0.2) is 27.2 Å². The number of halogens is 3. The van der Waals surface area contributed by atoms with E-state index >= 15 is 0 Å². The topological polar surface area (TPSA) is 79.9 Å². The molecule has 0 saturated heterocycles. The third-order valence-corrected chi connectivity index (χ3v) is 4.43. The fourth-order valence-corrected chi connectivity index (χ4v) is 3.29. The molecule has 2 heterocycles. The molecule has 0 bridgehead atoms. The van der Waals surface area contributed by atoms with Crippen LogP contribution in [0, 0.1) is 0 Å². The van der Waals surface area contributed by atoms with Gasteiger partial charge in [-0.25, -0.2) is 9.97 Å². The van der Waals surface area contributed by atoms with Crippen molar-refractivity contribution in [2.75, 3.05) is 5.32 Å². The van der Waals surface area contributed by atoms with E-state index in [9.17, 15) is 18.0 Å². The summed E-state index contributed by atoms with van der Waals surface area (Å²) in [5, 5.41) is 2.92. The van der Waals surface area contributed by atoms with Gasteiger partial charge in [-0.05, 0) is 30.3 Å². The van der Waals surface area contributed by atoms with Crippen LogP contribution in [0.25, 0.3) is 21.3 Å². The van der Waals surface area contributed by atoms with Crippen LogP contribution in [0.4, 0.5) is 18.3 Å². The summed E-state index contributed by atoms with van der Waals surface area (Å²) in [7, 11) is 0. The fraction of sp³-hybridized carbons (Fsp3) is 0.0625. The molecule has 26 heavy (non-hydrogen) atoms. The number of imidazole rings is 1. The molecule has 0 saturated carbocycles. The summed E-state index contributed by atoms with van der Waals surface area (Å²) in [6, 6.07) is 8.79. The van der Waals surface area contributed by atoms with Gasteiger partial charge in [0.2, 0.25) is 0 Å². The molecule has 4 aromatic rings. The molecule has 6 nitrogen and oxygen atoms in total. The standard InChI is InChI=1S/C16H9F3N4O2S/c17-16(18,19)25-9-2-4-11-13(6-9)26-15(22-11)23-14(24)8-1-3-10-12(5-8)21-7-20-10/h1-7H,(H,20,21)(H,22,23,24). The first-order valence-corrected chi connectivity index (χ1v) is 8.10. The number of benzene rings is 2. The van der Waals surface area contributed by atoms with Crippen LogP contribution in [0.15, 0.2) is 42.7 Å². The van der Waals surface area contributed by atoms with E-state index in [4.69, 9.17) is 0 Å². The number of aromatic nitrogens is 3. The minimum atomic E-state index is -4.76. The van der Waals surface area contributed by atoms with Crippen LogP contribution in [0.3, 0.4) is 0 Å². The Balaban J connectivity index is 1.57. The van der Waals surface area contributed by atoms with E-state index in [0.717, 1.165) is 22.4 Å². The second-order valence-corrected chi connectivity index (χ2v) is 6.32. The Morgan fingerprint density at radius 2 is 1.96 bits per heavy atom. The van der Waals surface area contributed by atoms with E-state index in [1.54, 1.807) is 18.2 Å². The van der Waals surface area contributed by atoms with E-state index in [1.807, 2.05) is 0 Å². The number of amides is 1. The molecule has 4 rings (SSSR count). The van der Waals surface area contributed by atoms with Crippen molar-refractivity contribution in [2.45, 2.75) is 6.36 Å². The van der Waals surface area contributed by atoms with Crippen molar-refractivity contribution >= 4 is 43.6 Å². The van der Waals surface area contributed by atoms with E-state index in [2.05, 4.69) is 25.0 Å². The third-order valence-electron chi connectivity index (χ3n) is 3.50. The van der Waals surface area contributed by atoms with Gasteiger partial charge in [-0.2, -0.15) is 0 Å². The van der Waals surface area contributed by atoms with Crippen LogP contribution in [0.1, 0.15) is 10.4 Å². The number of alkyl halides is 3. The summed E-state index contributed by atoms with van der Waals surface area (Å²) in [4.78, 5) is 23.5. The van der Waals surface area contributed by atoms with Crippen molar-refractivity contribution in [3.63, 3.8) is 0 Å². The van der Waals surface area contributed by atoms with Crippen LogP contribution in [0.2, 0.25) is 0 Å². The van der Waals surface area contributed by atoms with Gasteiger partial charge in [-0.1, -0.05) is 11.3 Å². The third kappa shape index (κ3) is 3.31. The van der Waals surface area contributed by atoms with Gasteiger partial charge in [-0.3, -0.25) is 10.1 Å². The number of carbonyl (C=O) groups excluding carboxylic acids is 1. The molecule has 2 aromatic heterocycles. The number of nitrogens with zero attached hydrogens (tertiary/aromatic N) is 2. The minimum Gasteiger partial charge on any atom is -0.406 e. The Hall–Kier alpha value is -3.14. The molecule has 2 N–H and O–H groups in total. The highest BCUT2D eigenvalue weighted by molar-refractivity contribution is 7.22. The lowest BCUT2D eigenvalue weighted by Gasteiger charge is -2.07. The summed E-state index contributed by atoms with van der Waals surface area (Å²) in [5.74, 6) is -0.719. The summed E-state index contributed by atoms with van der Waals surface area (Å²) in [5.41, 5.74) is 2.32. The summed E-state index contributed by atoms with van der Waals surface area (Å²) in [6.07, 6.45) is -3.23. The SMILES string of the molecule is O=C(Nc1nc2ccc(OC(F)(F)F)cc2s1)c1ccc2nc[nH]c2c1. The normalized spacial score (nSPS) is 11.8. The van der Waals surface area contributed by atoms with Crippen molar-refractivity contribution in [3.05, 3.63) is 48.3 Å². The Morgan fingerprint density at radius 3 is 2.77 bits per heavy atom. The molecular weight excluding hydrogens is 369 g/mol. The molecule has 0 atom stereocenters. The van der Waals surface area contributed by atoms with Gasteiger partial charge in [0.1, 0.15) is 5.75 Å². The van der Waals surface area contributed by atoms with E-state index in [1.165, 1.54) is 24.5 Å². The molecule has 0 aliphatic rings. The van der Waals surface area contributed by atoms with Crippen LogP contribution >= 0.6 is 11.3 Å². The van der Waals surface area contributed by atoms with E-state index < -0.39 is 6.36 Å². The lowest BCUT2D eigenvalue weighted by atomic mass is 10.2. The molecule has 1 amide bonds. The number of nitrogens with one attached hydrogen (secondary N) is 2. The molecule has 0 aliphatic carbocycles. The molecule has 0 aliphatic heterocycles. The fourth-order valence-electron chi connectivity index (χ4n) is 2.40. The van der Waals surface area contributed by atoms with E-state index in [-0.39, 0.29) is 16.8 Å². The van der Waals surface area contributed by atoms with E-state index in [0.29, 0.717) is 15.8 Å². The number of hydrogen-bond donors (Lipinski definition) is 2. The van der Waals surface area contributed by atoms with Gasteiger partial charge >= 0.3 is 6.36 Å². The number of aromatic amines is 1. The quantitative estimate of drug-likeness (QED) is 0.556. The molecule has 0 unspecified atom stereocenters. The molecule has 132 valence electrons. The predicted molar refractivity (Wildman–Crippen MR) is 90.3 cm³/mol.